The molecule has 7 heteroatoms. The molecule has 0 radical (unpaired) electrons. The Morgan fingerprint density at radius 2 is 1.65 bits per heavy atom. The Bertz CT molecular complexity index is 691. The van der Waals surface area contributed by atoms with Crippen LogP contribution >= 0.6 is 15.9 Å². The van der Waals surface area contributed by atoms with E-state index in [1.165, 1.54) is 0 Å². The summed E-state index contributed by atoms with van der Waals surface area (Å²) in [7, 11) is 0. The van der Waals surface area contributed by atoms with Gasteiger partial charge in [-0.2, -0.15) is 0 Å². The molecule has 0 aliphatic carbocycles. The van der Waals surface area contributed by atoms with Gasteiger partial charge in [0.15, 0.2) is 0 Å². The molecule has 1 aliphatic rings. The van der Waals surface area contributed by atoms with Crippen molar-refractivity contribution in [3.05, 3.63) is 40.9 Å². The van der Waals surface area contributed by atoms with E-state index in [9.17, 15) is 20.4 Å². The van der Waals surface area contributed by atoms with Gasteiger partial charge in [0.25, 0.3) is 0 Å². The van der Waals surface area contributed by atoms with Crippen LogP contribution in [0.5, 0.6) is 5.75 Å². The Labute approximate surface area is 141 Å². The number of rotatable bonds is 3. The van der Waals surface area contributed by atoms with Crippen molar-refractivity contribution in [1.82, 2.24) is 0 Å². The van der Waals surface area contributed by atoms with Crippen LogP contribution in [0.15, 0.2) is 40.9 Å². The van der Waals surface area contributed by atoms with Crippen molar-refractivity contribution in [2.24, 2.45) is 0 Å². The molecule has 6 nitrogen and oxygen atoms in total. The van der Waals surface area contributed by atoms with E-state index in [-0.39, 0.29) is 0 Å². The lowest BCUT2D eigenvalue weighted by atomic mass is 9.99. The topological polar surface area (TPSA) is 99.4 Å². The van der Waals surface area contributed by atoms with Gasteiger partial charge in [-0.05, 0) is 35.0 Å². The van der Waals surface area contributed by atoms with Crippen molar-refractivity contribution < 1.29 is 29.9 Å². The summed E-state index contributed by atoms with van der Waals surface area (Å²) in [6.45, 7) is -0.490. The smallest absolute Gasteiger partial charge is 0.229 e. The molecular weight excluding hydrogens is 368 g/mol. The number of hydrogen-bond acceptors (Lipinski definition) is 6. The minimum absolute atomic E-state index is 0.448. The minimum Gasteiger partial charge on any atom is -0.462 e. The zero-order valence-corrected chi connectivity index (χ0v) is 13.6. The van der Waals surface area contributed by atoms with Gasteiger partial charge in [-0.25, -0.2) is 0 Å². The van der Waals surface area contributed by atoms with Crippen LogP contribution in [0.2, 0.25) is 0 Å². The van der Waals surface area contributed by atoms with E-state index in [4.69, 9.17) is 9.47 Å². The average molecular weight is 385 g/mol. The molecule has 3 rings (SSSR count). The minimum atomic E-state index is -1.46. The van der Waals surface area contributed by atoms with Crippen LogP contribution in [0.25, 0.3) is 10.8 Å². The predicted octanol–water partition coefficient (Wildman–Crippen LogP) is 0.781. The molecule has 4 N–H and O–H groups in total. The molecule has 0 amide bonds. The fraction of sp³-hybridized carbons (Fsp3) is 0.375. The van der Waals surface area contributed by atoms with E-state index < -0.39 is 37.3 Å². The zero-order valence-electron chi connectivity index (χ0n) is 12.0. The number of aliphatic hydroxyl groups is 4. The standard InChI is InChI=1S/C16H17BrO6/c17-10-3-1-9-6-11(4-2-8(9)5-10)22-16-15(21)14(20)13(19)12(7-18)23-16/h1-6,12-16,18-21H,7H2/t12-,13+,14-,15-,16-/m1/s1. The molecule has 2 aromatic rings. The Hall–Kier alpha value is -1.22. The summed E-state index contributed by atoms with van der Waals surface area (Å²) in [6.07, 6.45) is -6.45. The van der Waals surface area contributed by atoms with Gasteiger partial charge < -0.3 is 29.9 Å². The summed E-state index contributed by atoms with van der Waals surface area (Å²) in [5.41, 5.74) is 0. The fourth-order valence-electron chi connectivity index (χ4n) is 2.57. The van der Waals surface area contributed by atoms with Gasteiger partial charge in [0.2, 0.25) is 6.29 Å². The quantitative estimate of drug-likeness (QED) is 0.624. The van der Waals surface area contributed by atoms with Crippen LogP contribution in [0.3, 0.4) is 0 Å². The third-order valence-electron chi connectivity index (χ3n) is 3.87. The number of fused-ring (bicyclic) bond motifs is 1. The van der Waals surface area contributed by atoms with Crippen molar-refractivity contribution in [3.8, 4) is 5.75 Å². The molecule has 124 valence electrons. The normalized spacial score (nSPS) is 31.3. The second-order valence-electron chi connectivity index (χ2n) is 5.47. The molecule has 2 aromatic carbocycles. The van der Waals surface area contributed by atoms with Crippen molar-refractivity contribution in [1.29, 1.82) is 0 Å². The number of halogens is 1. The van der Waals surface area contributed by atoms with Gasteiger partial charge in [0.05, 0.1) is 6.61 Å². The highest BCUT2D eigenvalue weighted by atomic mass is 79.9. The van der Waals surface area contributed by atoms with Crippen LogP contribution in [-0.4, -0.2) is 57.7 Å². The fourth-order valence-corrected chi connectivity index (χ4v) is 2.95. The first kappa shape index (κ1) is 16.6. The van der Waals surface area contributed by atoms with E-state index in [1.54, 1.807) is 12.1 Å². The van der Waals surface area contributed by atoms with Gasteiger partial charge in [0, 0.05) is 4.47 Å². The Morgan fingerprint density at radius 3 is 2.39 bits per heavy atom. The van der Waals surface area contributed by atoms with E-state index >= 15 is 0 Å². The molecule has 1 aliphatic heterocycles. The second kappa shape index (κ2) is 6.72. The SMILES string of the molecule is OC[C@H]1O[C@@H](Oc2ccc3cc(Br)ccc3c2)[C@H](O)[C@H](O)[C@H]1O. The van der Waals surface area contributed by atoms with Crippen molar-refractivity contribution >= 4 is 26.7 Å². The Morgan fingerprint density at radius 1 is 0.957 bits per heavy atom. The average Bonchev–Trinajstić information content (AvgIpc) is 2.55. The van der Waals surface area contributed by atoms with Gasteiger partial charge in [-0.1, -0.05) is 28.1 Å². The highest BCUT2D eigenvalue weighted by molar-refractivity contribution is 9.10. The molecule has 0 spiro atoms. The maximum absolute atomic E-state index is 9.98. The van der Waals surface area contributed by atoms with Crippen LogP contribution < -0.4 is 4.74 Å². The molecule has 23 heavy (non-hydrogen) atoms. The van der Waals surface area contributed by atoms with Gasteiger partial charge in [0.1, 0.15) is 30.2 Å². The summed E-state index contributed by atoms with van der Waals surface area (Å²) in [4.78, 5) is 0. The summed E-state index contributed by atoms with van der Waals surface area (Å²) >= 11 is 3.41. The first-order valence-electron chi connectivity index (χ1n) is 7.16. The van der Waals surface area contributed by atoms with Gasteiger partial charge in [-0.3, -0.25) is 0 Å². The van der Waals surface area contributed by atoms with Crippen molar-refractivity contribution in [2.75, 3.05) is 6.61 Å². The summed E-state index contributed by atoms with van der Waals surface area (Å²) in [5, 5.41) is 40.6. The van der Waals surface area contributed by atoms with Gasteiger partial charge >= 0.3 is 0 Å². The van der Waals surface area contributed by atoms with Crippen LogP contribution in [0.4, 0.5) is 0 Å². The molecule has 0 bridgehead atoms. The van der Waals surface area contributed by atoms with Crippen LogP contribution in [0, 0.1) is 0 Å². The second-order valence-corrected chi connectivity index (χ2v) is 6.38. The lowest BCUT2D eigenvalue weighted by Gasteiger charge is -2.39. The zero-order chi connectivity index (χ0) is 16.6. The lowest BCUT2D eigenvalue weighted by Crippen LogP contribution is -2.60. The molecule has 5 atom stereocenters. The summed E-state index contributed by atoms with van der Waals surface area (Å²) < 4.78 is 11.9. The third kappa shape index (κ3) is 3.35. The molecular formula is C16H17BrO6. The lowest BCUT2D eigenvalue weighted by molar-refractivity contribution is -0.277. The molecule has 0 saturated carbocycles. The van der Waals surface area contributed by atoms with Crippen LogP contribution in [0.1, 0.15) is 0 Å². The third-order valence-corrected chi connectivity index (χ3v) is 4.37. The van der Waals surface area contributed by atoms with Crippen molar-refractivity contribution in [2.45, 2.75) is 30.7 Å². The molecule has 1 saturated heterocycles. The Balaban J connectivity index is 1.81. The number of aliphatic hydroxyl groups excluding tert-OH is 4. The van der Waals surface area contributed by atoms with Crippen molar-refractivity contribution in [3.63, 3.8) is 0 Å². The summed E-state index contributed by atoms with van der Waals surface area (Å²) in [6, 6.07) is 11.1. The monoisotopic (exact) mass is 384 g/mol. The molecule has 1 heterocycles. The first-order chi connectivity index (χ1) is 11.0. The molecule has 1 fully saturated rings. The molecule has 0 aromatic heterocycles. The first-order valence-corrected chi connectivity index (χ1v) is 7.95. The van der Waals surface area contributed by atoms with E-state index in [2.05, 4.69) is 15.9 Å². The van der Waals surface area contributed by atoms with Gasteiger partial charge in [-0.15, -0.1) is 0 Å². The maximum atomic E-state index is 9.98. The number of hydrogen-bond donors (Lipinski definition) is 4. The number of benzene rings is 2. The van der Waals surface area contributed by atoms with E-state index in [0.717, 1.165) is 15.2 Å². The van der Waals surface area contributed by atoms with E-state index in [0.29, 0.717) is 5.75 Å². The largest absolute Gasteiger partial charge is 0.462 e. The molecule has 0 unspecified atom stereocenters. The maximum Gasteiger partial charge on any atom is 0.229 e. The van der Waals surface area contributed by atoms with Crippen LogP contribution in [-0.2, 0) is 4.74 Å². The number of ether oxygens (including phenoxy) is 2. The summed E-state index contributed by atoms with van der Waals surface area (Å²) in [5.74, 6) is 0.448. The predicted molar refractivity (Wildman–Crippen MR) is 86.0 cm³/mol. The van der Waals surface area contributed by atoms with E-state index in [1.807, 2.05) is 24.3 Å². The highest BCUT2D eigenvalue weighted by Crippen LogP contribution is 2.28. The Kier molecular flexibility index (Phi) is 4.86. The highest BCUT2D eigenvalue weighted by Gasteiger charge is 2.44.